The van der Waals surface area contributed by atoms with Crippen LogP contribution in [0.25, 0.3) is 0 Å². The maximum atomic E-state index is 12.4. The van der Waals surface area contributed by atoms with E-state index in [0.717, 1.165) is 49.5 Å². The van der Waals surface area contributed by atoms with E-state index in [9.17, 15) is 18.0 Å². The van der Waals surface area contributed by atoms with Crippen molar-refractivity contribution in [3.05, 3.63) is 41.7 Å². The lowest BCUT2D eigenvalue weighted by Gasteiger charge is -2.30. The second-order valence-electron chi connectivity index (χ2n) is 7.79. The highest BCUT2D eigenvalue weighted by atomic mass is 19.4. The van der Waals surface area contributed by atoms with Crippen LogP contribution >= 0.6 is 0 Å². The maximum absolute atomic E-state index is 12.4. The molecule has 0 bridgehead atoms. The van der Waals surface area contributed by atoms with Gasteiger partial charge in [-0.1, -0.05) is 0 Å². The van der Waals surface area contributed by atoms with E-state index in [2.05, 4.69) is 25.3 Å². The van der Waals surface area contributed by atoms with Crippen LogP contribution in [-0.2, 0) is 0 Å². The molecule has 0 saturated heterocycles. The normalized spacial score (nSPS) is 18.9. The number of aromatic nitrogens is 2. The van der Waals surface area contributed by atoms with E-state index in [1.165, 1.54) is 12.1 Å². The van der Waals surface area contributed by atoms with Crippen molar-refractivity contribution < 1.29 is 22.7 Å². The molecule has 1 aromatic carbocycles. The Bertz CT molecular complexity index is 895. The number of halogens is 3. The molecule has 1 fully saturated rings. The van der Waals surface area contributed by atoms with Gasteiger partial charge in [0.25, 0.3) is 5.91 Å². The second-order valence-corrected chi connectivity index (χ2v) is 7.79. The van der Waals surface area contributed by atoms with Crippen LogP contribution in [0.2, 0.25) is 0 Å². The van der Waals surface area contributed by atoms with Crippen LogP contribution in [0.4, 0.5) is 24.8 Å². The molecule has 0 unspecified atom stereocenters. The molecule has 0 atom stereocenters. The third-order valence-electron chi connectivity index (χ3n) is 5.05. The molecule has 1 heterocycles. The number of alkyl halides is 3. The topological polar surface area (TPSA) is 79.4 Å². The second kappa shape index (κ2) is 9.40. The molecular formula is C21H26F3N5O2. The number of nitrogens with one attached hydrogen (secondary N) is 2. The molecule has 10 heteroatoms. The predicted octanol–water partition coefficient (Wildman–Crippen LogP) is 3.90. The van der Waals surface area contributed by atoms with Gasteiger partial charge >= 0.3 is 6.36 Å². The lowest BCUT2D eigenvalue weighted by atomic mass is 9.91. The Morgan fingerprint density at radius 3 is 2.26 bits per heavy atom. The quantitative estimate of drug-likeness (QED) is 0.714. The van der Waals surface area contributed by atoms with E-state index < -0.39 is 6.36 Å². The molecule has 0 spiro atoms. The van der Waals surface area contributed by atoms with Gasteiger partial charge in [0.05, 0.1) is 0 Å². The molecule has 0 radical (unpaired) electrons. The van der Waals surface area contributed by atoms with Gasteiger partial charge in [0.2, 0.25) is 0 Å². The molecule has 2 N–H and O–H groups in total. The SMILES string of the molecule is Cc1nc(N[C@H]2CC[C@@H](NC(=O)c3ccc(OC(F)(F)F)cc3)CC2)cc(N(C)C)n1. The Morgan fingerprint density at radius 1 is 1.06 bits per heavy atom. The van der Waals surface area contributed by atoms with Crippen molar-refractivity contribution in [2.75, 3.05) is 24.3 Å². The van der Waals surface area contributed by atoms with Crippen molar-refractivity contribution in [3.8, 4) is 5.75 Å². The number of benzene rings is 1. The van der Waals surface area contributed by atoms with Crippen LogP contribution in [0.1, 0.15) is 41.9 Å². The Morgan fingerprint density at radius 2 is 1.68 bits per heavy atom. The highest BCUT2D eigenvalue weighted by molar-refractivity contribution is 5.94. The van der Waals surface area contributed by atoms with Crippen LogP contribution < -0.4 is 20.3 Å². The van der Waals surface area contributed by atoms with Gasteiger partial charge < -0.3 is 20.3 Å². The van der Waals surface area contributed by atoms with Crippen molar-refractivity contribution >= 4 is 17.5 Å². The van der Waals surface area contributed by atoms with Crippen molar-refractivity contribution in [1.29, 1.82) is 0 Å². The fourth-order valence-corrected chi connectivity index (χ4v) is 3.52. The summed E-state index contributed by atoms with van der Waals surface area (Å²) in [4.78, 5) is 23.2. The summed E-state index contributed by atoms with van der Waals surface area (Å²) >= 11 is 0. The van der Waals surface area contributed by atoms with Crippen LogP contribution in [0, 0.1) is 6.92 Å². The van der Waals surface area contributed by atoms with E-state index in [1.54, 1.807) is 0 Å². The van der Waals surface area contributed by atoms with Crippen molar-refractivity contribution in [3.63, 3.8) is 0 Å². The highest BCUT2D eigenvalue weighted by Gasteiger charge is 2.31. The van der Waals surface area contributed by atoms with Gasteiger partial charge in [-0.25, -0.2) is 9.97 Å². The summed E-state index contributed by atoms with van der Waals surface area (Å²) in [7, 11) is 3.85. The molecular weight excluding hydrogens is 411 g/mol. The number of hydrogen-bond acceptors (Lipinski definition) is 6. The minimum atomic E-state index is -4.76. The zero-order valence-corrected chi connectivity index (χ0v) is 17.7. The largest absolute Gasteiger partial charge is 0.573 e. The lowest BCUT2D eigenvalue weighted by molar-refractivity contribution is -0.274. The molecule has 1 aliphatic rings. The van der Waals surface area contributed by atoms with E-state index in [4.69, 9.17) is 0 Å². The van der Waals surface area contributed by atoms with Crippen LogP contribution in [0.3, 0.4) is 0 Å². The summed E-state index contributed by atoms with van der Waals surface area (Å²) in [6.45, 7) is 1.85. The average Bonchev–Trinajstić information content (AvgIpc) is 2.68. The van der Waals surface area contributed by atoms with Gasteiger partial charge in [-0.3, -0.25) is 4.79 Å². The van der Waals surface area contributed by atoms with Crippen LogP contribution in [0.5, 0.6) is 5.75 Å². The van der Waals surface area contributed by atoms with Gasteiger partial charge in [0.1, 0.15) is 23.2 Å². The summed E-state index contributed by atoms with van der Waals surface area (Å²) < 4.78 is 40.5. The molecule has 3 rings (SSSR count). The molecule has 1 saturated carbocycles. The van der Waals surface area contributed by atoms with E-state index in [-0.39, 0.29) is 23.7 Å². The minimum absolute atomic E-state index is 0.0149. The number of aryl methyl sites for hydroxylation is 1. The first-order chi connectivity index (χ1) is 14.6. The molecule has 2 aromatic rings. The third-order valence-corrected chi connectivity index (χ3v) is 5.05. The summed E-state index contributed by atoms with van der Waals surface area (Å²) in [6, 6.07) is 7.08. The molecule has 168 valence electrons. The number of amides is 1. The smallest absolute Gasteiger partial charge is 0.406 e. The van der Waals surface area contributed by atoms with Crippen molar-refractivity contribution in [2.45, 2.75) is 51.1 Å². The van der Waals surface area contributed by atoms with E-state index in [1.807, 2.05) is 32.0 Å². The van der Waals surface area contributed by atoms with Crippen molar-refractivity contribution in [1.82, 2.24) is 15.3 Å². The minimum Gasteiger partial charge on any atom is -0.406 e. The Hall–Kier alpha value is -3.04. The fourth-order valence-electron chi connectivity index (χ4n) is 3.52. The first-order valence-corrected chi connectivity index (χ1v) is 10.1. The number of nitrogens with zero attached hydrogens (tertiary/aromatic N) is 3. The highest BCUT2D eigenvalue weighted by Crippen LogP contribution is 2.25. The molecule has 1 aliphatic carbocycles. The van der Waals surface area contributed by atoms with Gasteiger partial charge in [-0.15, -0.1) is 13.2 Å². The fraction of sp³-hybridized carbons (Fsp3) is 0.476. The van der Waals surface area contributed by atoms with Gasteiger partial charge in [-0.2, -0.15) is 0 Å². The number of carbonyl (C=O) groups is 1. The number of carbonyl (C=O) groups excluding carboxylic acids is 1. The molecule has 31 heavy (non-hydrogen) atoms. The number of hydrogen-bond donors (Lipinski definition) is 2. The van der Waals surface area contributed by atoms with Crippen molar-refractivity contribution in [2.24, 2.45) is 0 Å². The molecule has 0 aliphatic heterocycles. The maximum Gasteiger partial charge on any atom is 0.573 e. The van der Waals surface area contributed by atoms with Gasteiger partial charge in [0, 0.05) is 37.8 Å². The van der Waals surface area contributed by atoms with Gasteiger partial charge in [-0.05, 0) is 56.9 Å². The summed E-state index contributed by atoms with van der Waals surface area (Å²) in [5.74, 6) is 1.65. The van der Waals surface area contributed by atoms with Gasteiger partial charge in [0.15, 0.2) is 0 Å². The average molecular weight is 437 g/mol. The van der Waals surface area contributed by atoms with E-state index >= 15 is 0 Å². The molecule has 7 nitrogen and oxygen atoms in total. The number of rotatable bonds is 6. The Labute approximate surface area is 179 Å². The Kier molecular flexibility index (Phi) is 6.87. The lowest BCUT2D eigenvalue weighted by Crippen LogP contribution is -2.40. The molecule has 1 aromatic heterocycles. The van der Waals surface area contributed by atoms with Crippen LogP contribution in [-0.4, -0.2) is 48.4 Å². The number of ether oxygens (including phenoxy) is 1. The third kappa shape index (κ3) is 6.73. The summed E-state index contributed by atoms with van der Waals surface area (Å²) in [6.07, 6.45) is -1.44. The predicted molar refractivity (Wildman–Crippen MR) is 111 cm³/mol. The summed E-state index contributed by atoms with van der Waals surface area (Å²) in [5.41, 5.74) is 0.294. The first kappa shape index (κ1) is 22.6. The Balaban J connectivity index is 1.49. The van der Waals surface area contributed by atoms with E-state index in [0.29, 0.717) is 11.4 Å². The zero-order chi connectivity index (χ0) is 22.6. The standard InChI is InChI=1S/C21H26F3N5O2/c1-13-25-18(12-19(26-13)29(2)3)27-15-6-8-16(9-7-15)28-20(30)14-4-10-17(11-5-14)31-21(22,23)24/h4-5,10-12,15-16H,6-9H2,1-3H3,(H,28,30)(H,25,26,27)/t15-,16+. The number of anilines is 2. The first-order valence-electron chi connectivity index (χ1n) is 10.1. The monoisotopic (exact) mass is 437 g/mol. The molecule has 1 amide bonds. The zero-order valence-electron chi connectivity index (χ0n) is 17.7. The summed E-state index contributed by atoms with van der Waals surface area (Å²) in [5, 5.41) is 6.41. The van der Waals surface area contributed by atoms with Crippen LogP contribution in [0.15, 0.2) is 30.3 Å².